The van der Waals surface area contributed by atoms with Gasteiger partial charge in [-0.05, 0) is 18.8 Å². The van der Waals surface area contributed by atoms with Crippen LogP contribution in [0.1, 0.15) is 26.7 Å². The van der Waals surface area contributed by atoms with Crippen molar-refractivity contribution in [3.63, 3.8) is 0 Å². The van der Waals surface area contributed by atoms with Gasteiger partial charge in [-0.2, -0.15) is 0 Å². The molecule has 7 heteroatoms. The molecule has 5 atom stereocenters. The molecule has 0 amide bonds. The summed E-state index contributed by atoms with van der Waals surface area (Å²) in [5, 5.41) is 18.2. The fraction of sp³-hybridized carbons (Fsp3) is 0.846. The number of carboxylic acids is 2. The van der Waals surface area contributed by atoms with E-state index in [1.54, 1.807) is 0 Å². The second-order valence-electron chi connectivity index (χ2n) is 6.17. The van der Waals surface area contributed by atoms with Crippen LogP contribution in [0.2, 0.25) is 0 Å². The quantitative estimate of drug-likeness (QED) is 0.662. The van der Waals surface area contributed by atoms with Crippen molar-refractivity contribution in [1.29, 1.82) is 0 Å². The number of carboxylic acid groups (broad SMARTS) is 2. The van der Waals surface area contributed by atoms with Gasteiger partial charge >= 0.3 is 11.9 Å². The second kappa shape index (κ2) is 4.66. The Labute approximate surface area is 116 Å². The van der Waals surface area contributed by atoms with Crippen LogP contribution in [0, 0.1) is 17.8 Å². The first-order chi connectivity index (χ1) is 9.16. The van der Waals surface area contributed by atoms with Crippen molar-refractivity contribution in [1.82, 2.24) is 0 Å². The van der Waals surface area contributed by atoms with Crippen molar-refractivity contribution in [3.8, 4) is 0 Å². The largest absolute Gasteiger partial charge is 0.480 e. The zero-order valence-electron chi connectivity index (χ0n) is 11.5. The summed E-state index contributed by atoms with van der Waals surface area (Å²) in [7, 11) is 0. The van der Waals surface area contributed by atoms with E-state index in [4.69, 9.17) is 15.6 Å². The lowest BCUT2D eigenvalue weighted by molar-refractivity contribution is -0.155. The first-order valence-electron chi connectivity index (χ1n) is 6.72. The minimum Gasteiger partial charge on any atom is -0.480 e. The van der Waals surface area contributed by atoms with Crippen molar-refractivity contribution in [2.24, 2.45) is 23.5 Å². The summed E-state index contributed by atoms with van der Waals surface area (Å²) in [6, 6.07) is 0. The van der Waals surface area contributed by atoms with Crippen LogP contribution < -0.4 is 5.73 Å². The number of halogens is 1. The Kier molecular flexibility index (Phi) is 3.54. The minimum atomic E-state index is -2.52. The van der Waals surface area contributed by atoms with Gasteiger partial charge in [0.05, 0.1) is 6.10 Å². The zero-order chi connectivity index (χ0) is 15.3. The third-order valence-corrected chi connectivity index (χ3v) is 4.51. The third-order valence-electron chi connectivity index (χ3n) is 4.51. The molecule has 6 nitrogen and oxygen atoms in total. The lowest BCUT2D eigenvalue weighted by Gasteiger charge is -2.31. The van der Waals surface area contributed by atoms with Gasteiger partial charge in [0.1, 0.15) is 5.54 Å². The van der Waals surface area contributed by atoms with E-state index in [1.165, 1.54) is 0 Å². The second-order valence-corrected chi connectivity index (χ2v) is 6.17. The maximum atomic E-state index is 14.2. The molecule has 2 aliphatic carbocycles. The highest BCUT2D eigenvalue weighted by Gasteiger charge is 2.85. The lowest BCUT2D eigenvalue weighted by atomic mass is 9.88. The Hall–Kier alpha value is -1.21. The molecule has 0 unspecified atom stereocenters. The van der Waals surface area contributed by atoms with Gasteiger partial charge < -0.3 is 20.7 Å². The number of hydrogen-bond acceptors (Lipinski definition) is 4. The van der Waals surface area contributed by atoms with Crippen LogP contribution in [0.25, 0.3) is 0 Å². The summed E-state index contributed by atoms with van der Waals surface area (Å²) in [4.78, 5) is 22.4. The summed E-state index contributed by atoms with van der Waals surface area (Å²) in [6.45, 7) is 4.33. The SMILES string of the molecule is CC(C)CCO[C@@H]1C[C@@H]2[C@H]([C@]1(N)C(=O)O)[C@@]2(F)C(=O)O. The zero-order valence-corrected chi connectivity index (χ0v) is 11.5. The Balaban J connectivity index is 2.11. The molecule has 0 aromatic rings. The monoisotopic (exact) mass is 289 g/mol. The first-order valence-corrected chi connectivity index (χ1v) is 6.72. The average molecular weight is 289 g/mol. The average Bonchev–Trinajstić information content (AvgIpc) is 2.79. The number of nitrogens with two attached hydrogens (primary N) is 1. The van der Waals surface area contributed by atoms with Crippen LogP contribution >= 0.6 is 0 Å². The molecule has 114 valence electrons. The molecule has 0 saturated heterocycles. The topological polar surface area (TPSA) is 110 Å². The fourth-order valence-electron chi connectivity index (χ4n) is 3.25. The van der Waals surface area contributed by atoms with E-state index in [0.29, 0.717) is 12.5 Å². The maximum absolute atomic E-state index is 14.2. The van der Waals surface area contributed by atoms with Crippen LogP contribution in [-0.4, -0.2) is 46.1 Å². The molecule has 0 aromatic heterocycles. The summed E-state index contributed by atoms with van der Waals surface area (Å²) >= 11 is 0. The number of fused-ring (bicyclic) bond motifs is 1. The van der Waals surface area contributed by atoms with Crippen molar-refractivity contribution in [2.45, 2.75) is 44.0 Å². The Morgan fingerprint density at radius 1 is 1.40 bits per heavy atom. The molecule has 2 aliphatic rings. The van der Waals surface area contributed by atoms with E-state index in [9.17, 15) is 19.1 Å². The predicted molar refractivity (Wildman–Crippen MR) is 66.8 cm³/mol. The van der Waals surface area contributed by atoms with Crippen molar-refractivity contribution in [2.75, 3.05) is 6.61 Å². The first kappa shape index (κ1) is 15.2. The highest BCUT2D eigenvalue weighted by molar-refractivity contribution is 5.90. The van der Waals surface area contributed by atoms with E-state index >= 15 is 0 Å². The molecule has 2 saturated carbocycles. The Morgan fingerprint density at radius 2 is 2.00 bits per heavy atom. The fourth-order valence-corrected chi connectivity index (χ4v) is 3.25. The van der Waals surface area contributed by atoms with Gasteiger partial charge in [-0.15, -0.1) is 0 Å². The van der Waals surface area contributed by atoms with Crippen molar-refractivity contribution >= 4 is 11.9 Å². The number of rotatable bonds is 6. The van der Waals surface area contributed by atoms with Crippen molar-refractivity contribution in [3.05, 3.63) is 0 Å². The van der Waals surface area contributed by atoms with E-state index in [2.05, 4.69) is 0 Å². The number of carbonyl (C=O) groups is 2. The van der Waals surface area contributed by atoms with Gasteiger partial charge in [-0.25, -0.2) is 9.18 Å². The van der Waals surface area contributed by atoms with Gasteiger partial charge in [-0.1, -0.05) is 13.8 Å². The van der Waals surface area contributed by atoms with Crippen LogP contribution in [0.15, 0.2) is 0 Å². The summed E-state index contributed by atoms with van der Waals surface area (Å²) in [5.41, 5.74) is 1.35. The van der Waals surface area contributed by atoms with Gasteiger partial charge in [0, 0.05) is 18.4 Å². The van der Waals surface area contributed by atoms with Crippen molar-refractivity contribution < 1.29 is 28.9 Å². The number of ether oxygens (including phenoxy) is 1. The van der Waals surface area contributed by atoms with E-state index < -0.39 is 41.1 Å². The molecule has 0 aliphatic heterocycles. The standard InChI is InChI=1S/C13H20FNO5/c1-6(2)3-4-20-8-5-7-9(12(7,14)10(16)17)13(8,15)11(18)19/h6-9H,3-5,15H2,1-2H3,(H,16,17)(H,18,19)/t7-,8-,9+,12-,13+/m1/s1. The minimum absolute atomic E-state index is 0.0361. The Bertz CT molecular complexity index is 442. The highest BCUT2D eigenvalue weighted by atomic mass is 19.1. The summed E-state index contributed by atoms with van der Waals surface area (Å²) in [5.74, 6) is -4.73. The van der Waals surface area contributed by atoms with E-state index in [-0.39, 0.29) is 6.42 Å². The number of aliphatic carboxylic acids is 2. The highest BCUT2D eigenvalue weighted by Crippen LogP contribution is 2.67. The molecule has 20 heavy (non-hydrogen) atoms. The molecular weight excluding hydrogens is 269 g/mol. The molecule has 2 rings (SSSR count). The summed E-state index contributed by atoms with van der Waals surface area (Å²) in [6.07, 6.45) is -0.0627. The third kappa shape index (κ3) is 1.91. The van der Waals surface area contributed by atoms with Crippen LogP contribution in [-0.2, 0) is 14.3 Å². The van der Waals surface area contributed by atoms with Gasteiger partial charge in [0.2, 0.25) is 5.67 Å². The smallest absolute Gasteiger partial charge is 0.342 e. The molecule has 0 aromatic carbocycles. The summed E-state index contributed by atoms with van der Waals surface area (Å²) < 4.78 is 19.7. The van der Waals surface area contributed by atoms with E-state index in [0.717, 1.165) is 6.42 Å². The van der Waals surface area contributed by atoms with Crippen LogP contribution in [0.5, 0.6) is 0 Å². The maximum Gasteiger partial charge on any atom is 0.342 e. The normalized spacial score (nSPS) is 42.5. The molecule has 0 heterocycles. The molecule has 0 spiro atoms. The lowest BCUT2D eigenvalue weighted by Crippen LogP contribution is -2.60. The van der Waals surface area contributed by atoms with Crippen LogP contribution in [0.4, 0.5) is 4.39 Å². The number of alkyl halides is 1. The molecule has 2 fully saturated rings. The molecular formula is C13H20FNO5. The van der Waals surface area contributed by atoms with Gasteiger partial charge in [-0.3, -0.25) is 4.79 Å². The van der Waals surface area contributed by atoms with Gasteiger partial charge in [0.15, 0.2) is 0 Å². The molecule has 0 radical (unpaired) electrons. The molecule has 4 N–H and O–H groups in total. The van der Waals surface area contributed by atoms with Gasteiger partial charge in [0.25, 0.3) is 0 Å². The number of hydrogen-bond donors (Lipinski definition) is 3. The van der Waals surface area contributed by atoms with E-state index in [1.807, 2.05) is 13.8 Å². The van der Waals surface area contributed by atoms with Crippen LogP contribution in [0.3, 0.4) is 0 Å². The Morgan fingerprint density at radius 3 is 2.45 bits per heavy atom. The predicted octanol–water partition coefficient (Wildman–Crippen LogP) is 0.642. The molecule has 0 bridgehead atoms.